The van der Waals surface area contributed by atoms with Crippen LogP contribution >= 0.6 is 15.9 Å². The maximum Gasteiger partial charge on any atom is 0.118 e. The van der Waals surface area contributed by atoms with E-state index in [0.29, 0.717) is 6.54 Å². The molecule has 2 N–H and O–H groups in total. The molecule has 0 fully saturated rings. The van der Waals surface area contributed by atoms with Gasteiger partial charge in [0, 0.05) is 28.5 Å². The van der Waals surface area contributed by atoms with Crippen LogP contribution in [0, 0.1) is 5.41 Å². The Morgan fingerprint density at radius 3 is 2.58 bits per heavy atom. The van der Waals surface area contributed by atoms with Crippen LogP contribution in [-0.2, 0) is 6.54 Å². The zero-order chi connectivity index (χ0) is 13.7. The van der Waals surface area contributed by atoms with E-state index in [1.54, 1.807) is 7.11 Å². The minimum absolute atomic E-state index is 0.710. The van der Waals surface area contributed by atoms with Crippen LogP contribution in [0.3, 0.4) is 0 Å². The molecule has 0 atom stereocenters. The number of hydrogen-bond acceptors (Lipinski definition) is 3. The normalized spacial score (nSPS) is 10.0. The first kappa shape index (κ1) is 13.6. The molecule has 0 spiro atoms. The van der Waals surface area contributed by atoms with Crippen LogP contribution in [0.2, 0.25) is 0 Å². The van der Waals surface area contributed by atoms with Gasteiger partial charge in [-0.2, -0.15) is 0 Å². The third kappa shape index (κ3) is 3.58. The van der Waals surface area contributed by atoms with Gasteiger partial charge in [0.1, 0.15) is 5.75 Å². The summed E-state index contributed by atoms with van der Waals surface area (Å²) >= 11 is 3.44. The quantitative estimate of drug-likeness (QED) is 0.816. The largest absolute Gasteiger partial charge is 0.497 e. The Balaban J connectivity index is 2.09. The summed E-state index contributed by atoms with van der Waals surface area (Å²) in [5.74, 6) is 0.853. The van der Waals surface area contributed by atoms with Gasteiger partial charge in [-0.05, 0) is 29.8 Å². The van der Waals surface area contributed by atoms with Crippen LogP contribution in [0.1, 0.15) is 11.1 Å². The number of rotatable bonds is 5. The number of hydrogen-bond donors (Lipinski definition) is 2. The summed E-state index contributed by atoms with van der Waals surface area (Å²) in [5, 5.41) is 10.7. The molecule has 0 heterocycles. The fraction of sp³-hybridized carbons (Fsp3) is 0.133. The third-order valence-corrected chi connectivity index (χ3v) is 3.31. The van der Waals surface area contributed by atoms with Gasteiger partial charge in [0.2, 0.25) is 0 Å². The van der Waals surface area contributed by atoms with Gasteiger partial charge in [-0.3, -0.25) is 0 Å². The zero-order valence-electron chi connectivity index (χ0n) is 10.6. The fourth-order valence-corrected chi connectivity index (χ4v) is 2.11. The summed E-state index contributed by atoms with van der Waals surface area (Å²) in [7, 11) is 1.66. The molecule has 98 valence electrons. The van der Waals surface area contributed by atoms with Gasteiger partial charge in [0.25, 0.3) is 0 Å². The molecule has 0 unspecified atom stereocenters. The van der Waals surface area contributed by atoms with E-state index in [1.807, 2.05) is 42.5 Å². The van der Waals surface area contributed by atoms with E-state index in [0.717, 1.165) is 27.0 Å². The maximum absolute atomic E-state index is 7.39. The Kier molecular flexibility index (Phi) is 4.58. The van der Waals surface area contributed by atoms with Crippen molar-refractivity contribution in [2.24, 2.45) is 0 Å². The molecule has 0 aliphatic heterocycles. The van der Waals surface area contributed by atoms with Gasteiger partial charge in [-0.25, -0.2) is 0 Å². The SMILES string of the molecule is COc1ccc(CNc2cc(Br)ccc2C=N)cc1. The minimum Gasteiger partial charge on any atom is -0.497 e. The molecule has 0 aromatic heterocycles. The molecule has 3 nitrogen and oxygen atoms in total. The van der Waals surface area contributed by atoms with Gasteiger partial charge >= 0.3 is 0 Å². The number of halogens is 1. The lowest BCUT2D eigenvalue weighted by Crippen LogP contribution is -2.02. The van der Waals surface area contributed by atoms with Gasteiger partial charge in [-0.1, -0.05) is 34.1 Å². The van der Waals surface area contributed by atoms with Gasteiger partial charge in [-0.15, -0.1) is 0 Å². The summed E-state index contributed by atoms with van der Waals surface area (Å²) in [4.78, 5) is 0. The van der Waals surface area contributed by atoms with Gasteiger partial charge in [0.05, 0.1) is 7.11 Å². The highest BCUT2D eigenvalue weighted by molar-refractivity contribution is 9.10. The molecule has 0 aliphatic carbocycles. The molecule has 0 bridgehead atoms. The number of nitrogens with one attached hydrogen (secondary N) is 2. The maximum atomic E-state index is 7.39. The lowest BCUT2D eigenvalue weighted by Gasteiger charge is -2.10. The molecule has 2 aromatic rings. The summed E-state index contributed by atoms with van der Waals surface area (Å²) in [6.45, 7) is 0.710. The molecule has 2 aromatic carbocycles. The van der Waals surface area contributed by atoms with Crippen molar-refractivity contribution < 1.29 is 4.74 Å². The van der Waals surface area contributed by atoms with Crippen LogP contribution in [-0.4, -0.2) is 13.3 Å². The van der Waals surface area contributed by atoms with Gasteiger partial charge < -0.3 is 15.5 Å². The Hall–Kier alpha value is -1.81. The van der Waals surface area contributed by atoms with E-state index in [1.165, 1.54) is 6.21 Å². The summed E-state index contributed by atoms with van der Waals surface area (Å²) in [6.07, 6.45) is 1.35. The second kappa shape index (κ2) is 6.38. The van der Waals surface area contributed by atoms with Crippen molar-refractivity contribution in [3.05, 3.63) is 58.1 Å². The molecular formula is C15H15BrN2O. The summed E-state index contributed by atoms with van der Waals surface area (Å²) in [6, 6.07) is 13.7. The monoisotopic (exact) mass is 318 g/mol. The van der Waals surface area contributed by atoms with Crippen molar-refractivity contribution in [1.29, 1.82) is 5.41 Å². The highest BCUT2D eigenvalue weighted by atomic mass is 79.9. The van der Waals surface area contributed by atoms with Crippen molar-refractivity contribution in [2.45, 2.75) is 6.54 Å². The Morgan fingerprint density at radius 2 is 1.95 bits per heavy atom. The van der Waals surface area contributed by atoms with Crippen molar-refractivity contribution in [1.82, 2.24) is 0 Å². The van der Waals surface area contributed by atoms with Crippen molar-refractivity contribution in [3.63, 3.8) is 0 Å². The van der Waals surface area contributed by atoms with Gasteiger partial charge in [0.15, 0.2) is 0 Å². The highest BCUT2D eigenvalue weighted by Gasteiger charge is 2.01. The topological polar surface area (TPSA) is 45.1 Å². The van der Waals surface area contributed by atoms with Crippen molar-refractivity contribution >= 4 is 27.8 Å². The van der Waals surface area contributed by atoms with E-state index in [9.17, 15) is 0 Å². The second-order valence-corrected chi connectivity index (χ2v) is 4.99. The first-order chi connectivity index (χ1) is 9.22. The van der Waals surface area contributed by atoms with E-state index < -0.39 is 0 Å². The molecule has 0 amide bonds. The number of methoxy groups -OCH3 is 1. The molecule has 2 rings (SSSR count). The van der Waals surface area contributed by atoms with Crippen LogP contribution in [0.25, 0.3) is 0 Å². The average molecular weight is 319 g/mol. The molecule has 4 heteroatoms. The molecule has 0 aliphatic rings. The van der Waals surface area contributed by atoms with E-state index >= 15 is 0 Å². The van der Waals surface area contributed by atoms with E-state index in [4.69, 9.17) is 10.1 Å². The number of ether oxygens (including phenoxy) is 1. The predicted octanol–water partition coefficient (Wildman–Crippen LogP) is 4.07. The lowest BCUT2D eigenvalue weighted by atomic mass is 10.1. The molecular weight excluding hydrogens is 304 g/mol. The molecule has 19 heavy (non-hydrogen) atoms. The van der Waals surface area contributed by atoms with Crippen LogP contribution in [0.15, 0.2) is 46.9 Å². The minimum atomic E-state index is 0.710. The second-order valence-electron chi connectivity index (χ2n) is 4.08. The fourth-order valence-electron chi connectivity index (χ4n) is 1.75. The van der Waals surface area contributed by atoms with Crippen LogP contribution in [0.5, 0.6) is 5.75 Å². The van der Waals surface area contributed by atoms with E-state index in [-0.39, 0.29) is 0 Å². The summed E-state index contributed by atoms with van der Waals surface area (Å²) < 4.78 is 6.12. The van der Waals surface area contributed by atoms with Crippen LogP contribution in [0.4, 0.5) is 5.69 Å². The molecule has 0 radical (unpaired) electrons. The zero-order valence-corrected chi connectivity index (χ0v) is 12.2. The van der Waals surface area contributed by atoms with Crippen LogP contribution < -0.4 is 10.1 Å². The van der Waals surface area contributed by atoms with Crippen molar-refractivity contribution in [2.75, 3.05) is 12.4 Å². The number of benzene rings is 2. The summed E-state index contributed by atoms with van der Waals surface area (Å²) in [5.41, 5.74) is 2.98. The Morgan fingerprint density at radius 1 is 1.21 bits per heavy atom. The first-order valence-electron chi connectivity index (χ1n) is 5.90. The third-order valence-electron chi connectivity index (χ3n) is 2.81. The number of anilines is 1. The Bertz CT molecular complexity index is 567. The van der Waals surface area contributed by atoms with Crippen molar-refractivity contribution in [3.8, 4) is 5.75 Å². The van der Waals surface area contributed by atoms with E-state index in [2.05, 4.69) is 21.2 Å². The standard InChI is InChI=1S/C15H15BrN2O/c1-19-14-6-2-11(3-7-14)10-18-15-8-13(16)5-4-12(15)9-17/h2-9,17-18H,10H2,1H3. The molecule has 0 saturated heterocycles. The lowest BCUT2D eigenvalue weighted by molar-refractivity contribution is 0.414. The first-order valence-corrected chi connectivity index (χ1v) is 6.69. The average Bonchev–Trinajstić information content (AvgIpc) is 2.46. The highest BCUT2D eigenvalue weighted by Crippen LogP contribution is 2.21. The smallest absolute Gasteiger partial charge is 0.118 e. The molecule has 0 saturated carbocycles. The predicted molar refractivity (Wildman–Crippen MR) is 82.3 cm³/mol. The Labute approximate surface area is 121 Å².